The van der Waals surface area contributed by atoms with Crippen molar-refractivity contribution in [2.75, 3.05) is 13.1 Å². The fourth-order valence-corrected chi connectivity index (χ4v) is 2.58. The first-order chi connectivity index (χ1) is 8.31. The Bertz CT molecular complexity index is 397. The Morgan fingerprint density at radius 3 is 2.22 bits per heavy atom. The summed E-state index contributed by atoms with van der Waals surface area (Å²) in [6, 6.07) is 10.7. The van der Waals surface area contributed by atoms with Crippen molar-refractivity contribution in [3.8, 4) is 0 Å². The lowest BCUT2D eigenvalue weighted by Crippen LogP contribution is -2.69. The predicted molar refractivity (Wildman–Crippen MR) is 75.9 cm³/mol. The maximum atomic E-state index is 6.15. The number of nitrogens with zero attached hydrogens (tertiary/aromatic N) is 2. The van der Waals surface area contributed by atoms with Crippen LogP contribution >= 0.6 is 0 Å². The Morgan fingerprint density at radius 1 is 1.00 bits per heavy atom. The van der Waals surface area contributed by atoms with Crippen molar-refractivity contribution in [3.63, 3.8) is 0 Å². The second-order valence-electron chi connectivity index (χ2n) is 6.59. The van der Waals surface area contributed by atoms with Gasteiger partial charge in [0.15, 0.2) is 0 Å². The number of hydrogen-bond acceptors (Lipinski definition) is 3. The van der Waals surface area contributed by atoms with Crippen molar-refractivity contribution in [3.05, 3.63) is 35.9 Å². The van der Waals surface area contributed by atoms with E-state index in [0.29, 0.717) is 0 Å². The van der Waals surface area contributed by atoms with Crippen LogP contribution in [0.25, 0.3) is 0 Å². The molecule has 1 fully saturated rings. The van der Waals surface area contributed by atoms with E-state index in [4.69, 9.17) is 5.84 Å². The van der Waals surface area contributed by atoms with Crippen LogP contribution in [0.4, 0.5) is 0 Å². The highest BCUT2D eigenvalue weighted by atomic mass is 15.5. The van der Waals surface area contributed by atoms with Crippen molar-refractivity contribution in [1.82, 2.24) is 9.91 Å². The van der Waals surface area contributed by atoms with Gasteiger partial charge < -0.3 is 0 Å². The zero-order chi connectivity index (χ0) is 13.4. The zero-order valence-corrected chi connectivity index (χ0v) is 12.0. The van der Waals surface area contributed by atoms with Crippen molar-refractivity contribution in [2.45, 2.75) is 45.3 Å². The Kier molecular flexibility index (Phi) is 3.49. The average molecular weight is 247 g/mol. The average Bonchev–Trinajstić information content (AvgIpc) is 2.27. The molecular formula is C15H25N3. The van der Waals surface area contributed by atoms with E-state index in [1.54, 1.807) is 0 Å². The molecule has 0 atom stereocenters. The lowest BCUT2D eigenvalue weighted by Gasteiger charge is -2.53. The third-order valence-corrected chi connectivity index (χ3v) is 3.98. The summed E-state index contributed by atoms with van der Waals surface area (Å²) in [5.41, 5.74) is 1.51. The molecule has 1 aromatic carbocycles. The molecule has 1 aliphatic rings. The molecule has 100 valence electrons. The van der Waals surface area contributed by atoms with Gasteiger partial charge in [-0.05, 0) is 33.3 Å². The van der Waals surface area contributed by atoms with Crippen LogP contribution in [0, 0.1) is 0 Å². The first-order valence-corrected chi connectivity index (χ1v) is 6.63. The zero-order valence-electron chi connectivity index (χ0n) is 12.0. The highest BCUT2D eigenvalue weighted by Gasteiger charge is 2.41. The van der Waals surface area contributed by atoms with Gasteiger partial charge in [0, 0.05) is 30.7 Å². The quantitative estimate of drug-likeness (QED) is 0.814. The summed E-state index contributed by atoms with van der Waals surface area (Å²) in [5.74, 6) is 6.15. The summed E-state index contributed by atoms with van der Waals surface area (Å²) in [6.07, 6.45) is 0. The Hall–Kier alpha value is -0.900. The number of benzene rings is 1. The summed E-state index contributed by atoms with van der Waals surface area (Å²) < 4.78 is 0. The summed E-state index contributed by atoms with van der Waals surface area (Å²) in [6.45, 7) is 11.8. The van der Waals surface area contributed by atoms with E-state index in [0.717, 1.165) is 19.6 Å². The molecule has 3 nitrogen and oxygen atoms in total. The molecule has 1 aliphatic heterocycles. The molecule has 1 saturated heterocycles. The molecule has 0 aromatic heterocycles. The smallest absolute Gasteiger partial charge is 0.0423 e. The van der Waals surface area contributed by atoms with Crippen LogP contribution in [0.5, 0.6) is 0 Å². The maximum Gasteiger partial charge on any atom is 0.0423 e. The molecule has 1 heterocycles. The van der Waals surface area contributed by atoms with Gasteiger partial charge >= 0.3 is 0 Å². The van der Waals surface area contributed by atoms with Gasteiger partial charge in [-0.3, -0.25) is 10.7 Å². The lowest BCUT2D eigenvalue weighted by atomic mass is 9.90. The minimum absolute atomic E-state index is 0.0320. The van der Waals surface area contributed by atoms with Gasteiger partial charge in [-0.15, -0.1) is 0 Å². The van der Waals surface area contributed by atoms with Gasteiger partial charge in [0.2, 0.25) is 0 Å². The molecule has 3 heteroatoms. The fourth-order valence-electron chi connectivity index (χ4n) is 2.58. The van der Waals surface area contributed by atoms with E-state index in [1.165, 1.54) is 5.56 Å². The van der Waals surface area contributed by atoms with Crippen LogP contribution in [-0.2, 0) is 6.54 Å². The summed E-state index contributed by atoms with van der Waals surface area (Å²) in [4.78, 5) is 2.53. The summed E-state index contributed by atoms with van der Waals surface area (Å²) in [7, 11) is 0. The van der Waals surface area contributed by atoms with Gasteiger partial charge in [0.1, 0.15) is 0 Å². The van der Waals surface area contributed by atoms with Crippen LogP contribution in [0.15, 0.2) is 30.3 Å². The second-order valence-corrected chi connectivity index (χ2v) is 6.59. The minimum atomic E-state index is 0.0320. The van der Waals surface area contributed by atoms with Crippen LogP contribution in [0.1, 0.15) is 33.3 Å². The Labute approximate surface area is 111 Å². The fraction of sp³-hybridized carbons (Fsp3) is 0.600. The molecule has 0 aliphatic carbocycles. The normalized spacial score (nSPS) is 24.1. The Balaban J connectivity index is 2.16. The molecule has 0 bridgehead atoms. The highest BCUT2D eigenvalue weighted by Crippen LogP contribution is 2.29. The van der Waals surface area contributed by atoms with Crippen LogP contribution < -0.4 is 5.84 Å². The third kappa shape index (κ3) is 2.74. The largest absolute Gasteiger partial charge is 0.291 e. The molecule has 2 rings (SSSR count). The molecule has 0 amide bonds. The van der Waals surface area contributed by atoms with Gasteiger partial charge in [0.25, 0.3) is 0 Å². The molecule has 0 radical (unpaired) electrons. The van der Waals surface area contributed by atoms with Gasteiger partial charge in [0.05, 0.1) is 0 Å². The minimum Gasteiger partial charge on any atom is -0.291 e. The second kappa shape index (κ2) is 4.65. The maximum absolute atomic E-state index is 6.15. The number of rotatable bonds is 2. The number of hydrazine groups is 1. The van der Waals surface area contributed by atoms with E-state index in [-0.39, 0.29) is 11.1 Å². The lowest BCUT2D eigenvalue weighted by molar-refractivity contribution is -0.0611. The van der Waals surface area contributed by atoms with E-state index in [2.05, 4.69) is 62.9 Å². The van der Waals surface area contributed by atoms with Crippen molar-refractivity contribution < 1.29 is 0 Å². The number of piperazine rings is 1. The van der Waals surface area contributed by atoms with E-state index >= 15 is 0 Å². The molecule has 1 aromatic rings. The monoisotopic (exact) mass is 247 g/mol. The molecule has 2 N–H and O–H groups in total. The standard InChI is InChI=1S/C15H25N3/c1-14(2)12-18(16)15(3,4)11-17(14)10-13-8-6-5-7-9-13/h5-9H,10-12,16H2,1-4H3. The van der Waals surface area contributed by atoms with Gasteiger partial charge in [-0.1, -0.05) is 30.3 Å². The molecule has 0 unspecified atom stereocenters. The summed E-state index contributed by atoms with van der Waals surface area (Å²) in [5, 5.41) is 1.98. The molecular weight excluding hydrogens is 222 g/mol. The van der Waals surface area contributed by atoms with Crippen LogP contribution in [0.2, 0.25) is 0 Å². The topological polar surface area (TPSA) is 32.5 Å². The van der Waals surface area contributed by atoms with E-state index in [1.807, 2.05) is 5.01 Å². The SMILES string of the molecule is CC1(C)CN(Cc2ccccc2)C(C)(C)CN1N. The van der Waals surface area contributed by atoms with Gasteiger partial charge in [-0.25, -0.2) is 5.01 Å². The summed E-state index contributed by atoms with van der Waals surface area (Å²) >= 11 is 0. The van der Waals surface area contributed by atoms with Crippen LogP contribution in [0.3, 0.4) is 0 Å². The predicted octanol–water partition coefficient (Wildman–Crippen LogP) is 2.24. The van der Waals surface area contributed by atoms with E-state index < -0.39 is 0 Å². The highest BCUT2D eigenvalue weighted by molar-refractivity contribution is 5.15. The first kappa shape index (κ1) is 13.5. The molecule has 0 spiro atoms. The molecule has 18 heavy (non-hydrogen) atoms. The number of nitrogens with two attached hydrogens (primary N) is 1. The first-order valence-electron chi connectivity index (χ1n) is 6.63. The molecule has 0 saturated carbocycles. The third-order valence-electron chi connectivity index (χ3n) is 3.98. The van der Waals surface area contributed by atoms with Crippen molar-refractivity contribution in [1.29, 1.82) is 0 Å². The van der Waals surface area contributed by atoms with Crippen LogP contribution in [-0.4, -0.2) is 34.1 Å². The number of hydrogen-bond donors (Lipinski definition) is 1. The van der Waals surface area contributed by atoms with Gasteiger partial charge in [-0.2, -0.15) is 0 Å². The van der Waals surface area contributed by atoms with Crippen molar-refractivity contribution >= 4 is 0 Å². The van der Waals surface area contributed by atoms with Crippen molar-refractivity contribution in [2.24, 2.45) is 5.84 Å². The Morgan fingerprint density at radius 2 is 1.61 bits per heavy atom. The van der Waals surface area contributed by atoms with E-state index in [9.17, 15) is 0 Å².